The smallest absolute Gasteiger partial charge is 0.126 e. The van der Waals surface area contributed by atoms with Gasteiger partial charge in [0.15, 0.2) is 0 Å². The summed E-state index contributed by atoms with van der Waals surface area (Å²) >= 11 is 0. The average molecular weight is 284 g/mol. The predicted molar refractivity (Wildman–Crippen MR) is 87.9 cm³/mol. The van der Waals surface area contributed by atoms with Gasteiger partial charge in [-0.15, -0.1) is 0 Å². The van der Waals surface area contributed by atoms with E-state index in [0.717, 1.165) is 18.8 Å². The van der Waals surface area contributed by atoms with Gasteiger partial charge in [-0.05, 0) is 43.5 Å². The Morgan fingerprint density at radius 3 is 2.76 bits per heavy atom. The molecule has 1 fully saturated rings. The van der Waals surface area contributed by atoms with Gasteiger partial charge in [0.05, 0.1) is 7.11 Å². The summed E-state index contributed by atoms with van der Waals surface area (Å²) in [4.78, 5) is 2.60. The summed E-state index contributed by atoms with van der Waals surface area (Å²) in [5.41, 5.74) is 1.40. The van der Waals surface area contributed by atoms with E-state index in [9.17, 15) is 0 Å². The Balaban J connectivity index is 1.90. The van der Waals surface area contributed by atoms with Crippen LogP contribution < -0.4 is 10.1 Å². The van der Waals surface area contributed by atoms with E-state index in [1.54, 1.807) is 7.11 Å². The number of likely N-dealkylation sites (tertiary alicyclic amines) is 1. The van der Waals surface area contributed by atoms with Gasteiger partial charge in [0.2, 0.25) is 0 Å². The van der Waals surface area contributed by atoms with Crippen LogP contribution in [0.1, 0.15) is 18.4 Å². The van der Waals surface area contributed by atoms with Crippen LogP contribution in [0, 0.1) is 0 Å². The highest BCUT2D eigenvalue weighted by molar-refractivity contribution is 5.91. The van der Waals surface area contributed by atoms with Crippen LogP contribution in [0.25, 0.3) is 10.8 Å². The molecule has 3 rings (SSSR count). The minimum Gasteiger partial charge on any atom is -0.496 e. The fraction of sp³-hybridized carbons (Fsp3) is 0.444. The Morgan fingerprint density at radius 2 is 2.00 bits per heavy atom. The Kier molecular flexibility index (Phi) is 4.42. The molecule has 0 amide bonds. The molecule has 3 heteroatoms. The van der Waals surface area contributed by atoms with Crippen molar-refractivity contribution in [1.82, 2.24) is 10.2 Å². The number of fused-ring (bicyclic) bond motifs is 1. The number of hydrogen-bond acceptors (Lipinski definition) is 3. The Bertz CT molecular complexity index is 611. The first-order valence-corrected chi connectivity index (χ1v) is 7.76. The van der Waals surface area contributed by atoms with Crippen LogP contribution in [0.2, 0.25) is 0 Å². The largest absolute Gasteiger partial charge is 0.496 e. The van der Waals surface area contributed by atoms with E-state index in [1.165, 1.54) is 35.7 Å². The Hall–Kier alpha value is -1.58. The van der Waals surface area contributed by atoms with Crippen molar-refractivity contribution < 1.29 is 4.74 Å². The average Bonchev–Trinajstić information content (AvgIpc) is 2.95. The number of benzene rings is 2. The molecule has 1 N–H and O–H groups in total. The minimum absolute atomic E-state index is 0.663. The topological polar surface area (TPSA) is 24.5 Å². The van der Waals surface area contributed by atoms with E-state index in [1.807, 2.05) is 7.05 Å². The number of methoxy groups -OCH3 is 1. The maximum Gasteiger partial charge on any atom is 0.126 e. The molecule has 1 aliphatic heterocycles. The number of hydrogen-bond donors (Lipinski definition) is 1. The van der Waals surface area contributed by atoms with Crippen molar-refractivity contribution in [1.29, 1.82) is 0 Å². The molecule has 0 saturated carbocycles. The van der Waals surface area contributed by atoms with Gasteiger partial charge in [-0.2, -0.15) is 0 Å². The normalized spacial score (nSPS) is 19.2. The Labute approximate surface area is 126 Å². The van der Waals surface area contributed by atoms with Crippen LogP contribution in [0.5, 0.6) is 5.75 Å². The molecule has 21 heavy (non-hydrogen) atoms. The molecule has 0 aliphatic carbocycles. The van der Waals surface area contributed by atoms with Crippen LogP contribution >= 0.6 is 0 Å². The SMILES string of the molecule is CNCC1CCCN1Cc1ccc(OC)c2ccccc12. The minimum atomic E-state index is 0.663. The highest BCUT2D eigenvalue weighted by Gasteiger charge is 2.24. The Morgan fingerprint density at radius 1 is 1.19 bits per heavy atom. The van der Waals surface area contributed by atoms with Gasteiger partial charge < -0.3 is 10.1 Å². The van der Waals surface area contributed by atoms with E-state index < -0.39 is 0 Å². The van der Waals surface area contributed by atoms with Crippen molar-refractivity contribution in [3.63, 3.8) is 0 Å². The molecule has 0 radical (unpaired) electrons. The zero-order valence-electron chi connectivity index (χ0n) is 12.9. The highest BCUT2D eigenvalue weighted by atomic mass is 16.5. The summed E-state index contributed by atoms with van der Waals surface area (Å²) in [7, 11) is 3.78. The van der Waals surface area contributed by atoms with Gasteiger partial charge in [0.1, 0.15) is 5.75 Å². The van der Waals surface area contributed by atoms with E-state index in [0.29, 0.717) is 6.04 Å². The van der Waals surface area contributed by atoms with Gasteiger partial charge in [-0.3, -0.25) is 4.90 Å². The molecule has 1 saturated heterocycles. The molecule has 112 valence electrons. The van der Waals surface area contributed by atoms with Crippen molar-refractivity contribution >= 4 is 10.8 Å². The number of rotatable bonds is 5. The molecule has 0 spiro atoms. The quantitative estimate of drug-likeness (QED) is 0.913. The standard InChI is InChI=1S/C18H24N2O/c1-19-12-15-6-5-11-20(15)13-14-9-10-18(21-2)17-8-4-3-7-16(14)17/h3-4,7-10,15,19H,5-6,11-13H2,1-2H3. The maximum atomic E-state index is 5.49. The van der Waals surface area contributed by atoms with Gasteiger partial charge >= 0.3 is 0 Å². The lowest BCUT2D eigenvalue weighted by atomic mass is 10.0. The summed E-state index contributed by atoms with van der Waals surface area (Å²) in [6.45, 7) is 3.30. The van der Waals surface area contributed by atoms with Crippen LogP contribution in [-0.4, -0.2) is 38.2 Å². The van der Waals surface area contributed by atoms with E-state index in [-0.39, 0.29) is 0 Å². The van der Waals surface area contributed by atoms with Crippen molar-refractivity contribution in [2.24, 2.45) is 0 Å². The number of likely N-dealkylation sites (N-methyl/N-ethyl adjacent to an activating group) is 1. The second-order valence-electron chi connectivity index (χ2n) is 5.80. The molecule has 1 atom stereocenters. The molecule has 1 aliphatic rings. The molecule has 3 nitrogen and oxygen atoms in total. The lowest BCUT2D eigenvalue weighted by Crippen LogP contribution is -2.36. The fourth-order valence-corrected chi connectivity index (χ4v) is 3.44. The zero-order valence-corrected chi connectivity index (χ0v) is 12.9. The number of nitrogens with one attached hydrogen (secondary N) is 1. The van der Waals surface area contributed by atoms with Crippen molar-refractivity contribution in [3.8, 4) is 5.75 Å². The molecular formula is C18H24N2O. The molecule has 1 unspecified atom stereocenters. The zero-order chi connectivity index (χ0) is 14.7. The molecule has 2 aromatic carbocycles. The first kappa shape index (κ1) is 14.4. The summed E-state index contributed by atoms with van der Waals surface area (Å²) in [6, 6.07) is 13.5. The van der Waals surface area contributed by atoms with Crippen LogP contribution in [-0.2, 0) is 6.54 Å². The third-order valence-corrected chi connectivity index (χ3v) is 4.51. The van der Waals surface area contributed by atoms with Gasteiger partial charge in [-0.25, -0.2) is 0 Å². The first-order valence-electron chi connectivity index (χ1n) is 7.76. The van der Waals surface area contributed by atoms with E-state index >= 15 is 0 Å². The fourth-order valence-electron chi connectivity index (χ4n) is 3.44. The van der Waals surface area contributed by atoms with Crippen molar-refractivity contribution in [2.45, 2.75) is 25.4 Å². The van der Waals surface area contributed by atoms with E-state index in [2.05, 4.69) is 46.6 Å². The highest BCUT2D eigenvalue weighted by Crippen LogP contribution is 2.30. The molecule has 2 aromatic rings. The number of nitrogens with zero attached hydrogens (tertiary/aromatic N) is 1. The first-order chi connectivity index (χ1) is 10.3. The molecular weight excluding hydrogens is 260 g/mol. The van der Waals surface area contributed by atoms with Crippen LogP contribution in [0.3, 0.4) is 0 Å². The van der Waals surface area contributed by atoms with E-state index in [4.69, 9.17) is 4.74 Å². The molecule has 0 bridgehead atoms. The summed E-state index contributed by atoms with van der Waals surface area (Å²) in [5.74, 6) is 0.961. The van der Waals surface area contributed by atoms with Gasteiger partial charge in [0.25, 0.3) is 0 Å². The monoisotopic (exact) mass is 284 g/mol. The molecule has 1 heterocycles. The summed E-state index contributed by atoms with van der Waals surface area (Å²) in [5, 5.41) is 5.84. The predicted octanol–water partition coefficient (Wildman–Crippen LogP) is 3.03. The lowest BCUT2D eigenvalue weighted by molar-refractivity contribution is 0.243. The third-order valence-electron chi connectivity index (χ3n) is 4.51. The maximum absolute atomic E-state index is 5.49. The van der Waals surface area contributed by atoms with Gasteiger partial charge in [-0.1, -0.05) is 30.3 Å². The second kappa shape index (κ2) is 6.46. The lowest BCUT2D eigenvalue weighted by Gasteiger charge is -2.25. The van der Waals surface area contributed by atoms with Crippen LogP contribution in [0.15, 0.2) is 36.4 Å². The van der Waals surface area contributed by atoms with Crippen molar-refractivity contribution in [2.75, 3.05) is 27.2 Å². The number of ether oxygens (including phenoxy) is 1. The summed E-state index contributed by atoms with van der Waals surface area (Å²) in [6.07, 6.45) is 2.61. The van der Waals surface area contributed by atoms with Crippen LogP contribution in [0.4, 0.5) is 0 Å². The second-order valence-corrected chi connectivity index (χ2v) is 5.80. The summed E-state index contributed by atoms with van der Waals surface area (Å²) < 4.78 is 5.49. The van der Waals surface area contributed by atoms with Crippen molar-refractivity contribution in [3.05, 3.63) is 42.0 Å². The molecule has 0 aromatic heterocycles. The van der Waals surface area contributed by atoms with Gasteiger partial charge in [0, 0.05) is 24.5 Å². The third kappa shape index (κ3) is 2.89.